The van der Waals surface area contributed by atoms with Gasteiger partial charge in [-0.05, 0) is 43.6 Å². The Hall–Kier alpha value is -3.14. The molecule has 2 aromatic rings. The van der Waals surface area contributed by atoms with Crippen molar-refractivity contribution >= 4 is 29.5 Å². The maximum absolute atomic E-state index is 13.0. The normalized spacial score (nSPS) is 17.8. The number of aryl methyl sites for hydroxylation is 1. The van der Waals surface area contributed by atoms with Gasteiger partial charge in [-0.1, -0.05) is 24.3 Å². The highest BCUT2D eigenvalue weighted by Gasteiger charge is 2.39. The van der Waals surface area contributed by atoms with E-state index in [4.69, 9.17) is 11.6 Å². The second-order valence-corrected chi connectivity index (χ2v) is 8.39. The van der Waals surface area contributed by atoms with E-state index in [2.05, 4.69) is 21.7 Å². The summed E-state index contributed by atoms with van der Waals surface area (Å²) in [6, 6.07) is 7.19. The molecule has 2 heterocycles. The lowest BCUT2D eigenvalue weighted by Gasteiger charge is -2.36. The molecule has 1 aromatic heterocycles. The molecular formula is C22H22ClF3N6O. The molecule has 4 rings (SSSR count). The van der Waals surface area contributed by atoms with Crippen LogP contribution >= 0.6 is 11.6 Å². The van der Waals surface area contributed by atoms with Crippen LogP contribution in [-0.2, 0) is 24.6 Å². The fourth-order valence-corrected chi connectivity index (χ4v) is 3.98. The molecule has 0 unspecified atom stereocenters. The summed E-state index contributed by atoms with van der Waals surface area (Å²) in [7, 11) is 1.52. The van der Waals surface area contributed by atoms with Gasteiger partial charge in [-0.2, -0.15) is 18.2 Å². The molecule has 2 aliphatic rings. The Morgan fingerprint density at radius 3 is 2.48 bits per heavy atom. The number of hydrogen-bond acceptors (Lipinski definition) is 4. The lowest BCUT2D eigenvalue weighted by atomic mass is 10.1. The number of carbonyl (C=O) groups is 1. The number of hydrogen-bond donors (Lipinski definition) is 0. The standard InChI is InChI=1S/C22H22ClF3N6O/c1-13-19(29-21(23)27-2)31(12-18(33)32(13)16-8-9-16)10-14-4-6-15(7-5-14)20-28-17(11-30(20)3)22(24,25)26/h4-7,11,16H,2,8-10,12H2,1,3H3/b29-21-. The molecule has 1 amide bonds. The molecule has 1 aliphatic heterocycles. The van der Waals surface area contributed by atoms with Gasteiger partial charge in [-0.15, -0.1) is 0 Å². The van der Waals surface area contributed by atoms with Gasteiger partial charge in [0, 0.05) is 31.4 Å². The fraction of sp³-hybridized carbons (Fsp3) is 0.364. The van der Waals surface area contributed by atoms with Gasteiger partial charge in [0.1, 0.15) is 5.82 Å². The van der Waals surface area contributed by atoms with Crippen LogP contribution in [0.25, 0.3) is 11.4 Å². The highest BCUT2D eigenvalue weighted by Crippen LogP contribution is 2.35. The van der Waals surface area contributed by atoms with Crippen molar-refractivity contribution in [2.75, 3.05) is 6.54 Å². The van der Waals surface area contributed by atoms with Crippen molar-refractivity contribution in [2.24, 2.45) is 17.0 Å². The number of nitrogens with zero attached hydrogens (tertiary/aromatic N) is 6. The molecule has 1 aromatic carbocycles. The maximum atomic E-state index is 13.0. The van der Waals surface area contributed by atoms with Crippen molar-refractivity contribution in [1.29, 1.82) is 0 Å². The Labute approximate surface area is 193 Å². The minimum atomic E-state index is -4.51. The number of amidine groups is 1. The summed E-state index contributed by atoms with van der Waals surface area (Å²) in [5.41, 5.74) is 1.17. The summed E-state index contributed by atoms with van der Waals surface area (Å²) < 4.78 is 40.3. The first-order valence-electron chi connectivity index (χ1n) is 10.3. The van der Waals surface area contributed by atoms with E-state index in [0.29, 0.717) is 23.6 Å². The lowest BCUT2D eigenvalue weighted by molar-refractivity contribution is -0.141. The number of amides is 1. The Morgan fingerprint density at radius 2 is 1.94 bits per heavy atom. The first-order valence-corrected chi connectivity index (χ1v) is 10.6. The number of benzene rings is 1. The zero-order valence-electron chi connectivity index (χ0n) is 18.1. The topological polar surface area (TPSA) is 66.1 Å². The number of aromatic nitrogens is 2. The number of rotatable bonds is 5. The zero-order chi connectivity index (χ0) is 23.9. The van der Waals surface area contributed by atoms with Gasteiger partial charge in [0.2, 0.25) is 11.2 Å². The Kier molecular flexibility index (Phi) is 6.04. The third-order valence-electron chi connectivity index (χ3n) is 5.57. The number of allylic oxidation sites excluding steroid dienone is 1. The second kappa shape index (κ2) is 8.66. The van der Waals surface area contributed by atoms with Crippen LogP contribution < -0.4 is 0 Å². The monoisotopic (exact) mass is 478 g/mol. The summed E-state index contributed by atoms with van der Waals surface area (Å²) >= 11 is 6.02. The van der Waals surface area contributed by atoms with Crippen molar-refractivity contribution in [3.05, 3.63) is 53.2 Å². The first-order chi connectivity index (χ1) is 15.6. The molecular weight excluding hydrogens is 457 g/mol. The Balaban J connectivity index is 1.60. The quantitative estimate of drug-likeness (QED) is 0.363. The first kappa shape index (κ1) is 23.0. The average molecular weight is 479 g/mol. The maximum Gasteiger partial charge on any atom is 0.434 e. The predicted molar refractivity (Wildman–Crippen MR) is 119 cm³/mol. The summed E-state index contributed by atoms with van der Waals surface area (Å²) in [5.74, 6) is 0.745. The van der Waals surface area contributed by atoms with Crippen molar-refractivity contribution in [3.8, 4) is 11.4 Å². The molecule has 1 aliphatic carbocycles. The number of alkyl halides is 3. The van der Waals surface area contributed by atoms with Gasteiger partial charge in [-0.3, -0.25) is 4.79 Å². The van der Waals surface area contributed by atoms with Crippen LogP contribution in [-0.4, -0.2) is 49.9 Å². The van der Waals surface area contributed by atoms with Gasteiger partial charge in [0.15, 0.2) is 11.5 Å². The molecule has 174 valence electrons. The van der Waals surface area contributed by atoms with Crippen molar-refractivity contribution in [1.82, 2.24) is 19.4 Å². The van der Waals surface area contributed by atoms with Crippen LogP contribution in [0.2, 0.25) is 0 Å². The van der Waals surface area contributed by atoms with E-state index >= 15 is 0 Å². The summed E-state index contributed by atoms with van der Waals surface area (Å²) in [6.45, 7) is 5.71. The molecule has 1 saturated carbocycles. The van der Waals surface area contributed by atoms with Gasteiger partial charge >= 0.3 is 6.18 Å². The molecule has 0 saturated heterocycles. The van der Waals surface area contributed by atoms with Crippen LogP contribution in [0.3, 0.4) is 0 Å². The van der Waals surface area contributed by atoms with Gasteiger partial charge in [0.25, 0.3) is 0 Å². The van der Waals surface area contributed by atoms with E-state index in [-0.39, 0.29) is 29.6 Å². The minimum absolute atomic E-state index is 0.0130. The summed E-state index contributed by atoms with van der Waals surface area (Å²) in [4.78, 5) is 28.1. The minimum Gasteiger partial charge on any atom is -0.341 e. The summed E-state index contributed by atoms with van der Waals surface area (Å²) in [5, 5.41) is -0.0231. The molecule has 7 nitrogen and oxygen atoms in total. The van der Waals surface area contributed by atoms with Crippen molar-refractivity contribution in [3.63, 3.8) is 0 Å². The molecule has 0 bridgehead atoms. The Morgan fingerprint density at radius 1 is 1.27 bits per heavy atom. The molecule has 33 heavy (non-hydrogen) atoms. The van der Waals surface area contributed by atoms with E-state index in [1.807, 2.05) is 11.8 Å². The van der Waals surface area contributed by atoms with E-state index in [9.17, 15) is 18.0 Å². The van der Waals surface area contributed by atoms with Crippen LogP contribution in [0, 0.1) is 0 Å². The van der Waals surface area contributed by atoms with Gasteiger partial charge in [-0.25, -0.2) is 9.98 Å². The highest BCUT2D eigenvalue weighted by molar-refractivity contribution is 6.65. The third kappa shape index (κ3) is 4.80. The second-order valence-electron chi connectivity index (χ2n) is 8.05. The molecule has 0 N–H and O–H groups in total. The SMILES string of the molecule is C=N/C(Cl)=N\C1=C(C)N(C2CC2)C(=O)CN1Cc1ccc(-c2nc(C(F)(F)F)cn2C)cc1. The highest BCUT2D eigenvalue weighted by atomic mass is 35.5. The molecule has 0 atom stereocenters. The van der Waals surface area contributed by atoms with Crippen molar-refractivity contribution < 1.29 is 18.0 Å². The average Bonchev–Trinajstić information content (AvgIpc) is 3.50. The molecule has 11 heteroatoms. The van der Waals surface area contributed by atoms with E-state index in [0.717, 1.165) is 24.6 Å². The van der Waals surface area contributed by atoms with Gasteiger partial charge in [0.05, 0.1) is 12.2 Å². The van der Waals surface area contributed by atoms with Crippen LogP contribution in [0.1, 0.15) is 31.0 Å². The van der Waals surface area contributed by atoms with Crippen LogP contribution in [0.5, 0.6) is 0 Å². The molecule has 0 radical (unpaired) electrons. The lowest BCUT2D eigenvalue weighted by Crippen LogP contribution is -2.46. The Bertz CT molecular complexity index is 1150. The van der Waals surface area contributed by atoms with Crippen LogP contribution in [0.15, 0.2) is 52.0 Å². The van der Waals surface area contributed by atoms with E-state index in [1.54, 1.807) is 29.2 Å². The van der Waals surface area contributed by atoms with Crippen LogP contribution in [0.4, 0.5) is 13.2 Å². The molecule has 1 fully saturated rings. The largest absolute Gasteiger partial charge is 0.434 e. The number of imidazole rings is 1. The third-order valence-corrected chi connectivity index (χ3v) is 5.78. The van der Waals surface area contributed by atoms with E-state index < -0.39 is 11.9 Å². The smallest absolute Gasteiger partial charge is 0.341 e. The summed E-state index contributed by atoms with van der Waals surface area (Å²) in [6.07, 6.45) is -1.63. The number of carbonyl (C=O) groups excluding carboxylic acids is 1. The molecule has 0 spiro atoms. The number of halogens is 4. The fourth-order valence-electron chi connectivity index (χ4n) is 3.90. The zero-order valence-corrected chi connectivity index (χ0v) is 18.9. The predicted octanol–water partition coefficient (Wildman–Crippen LogP) is 4.40. The van der Waals surface area contributed by atoms with Crippen molar-refractivity contribution in [2.45, 2.75) is 38.5 Å². The van der Waals surface area contributed by atoms with Gasteiger partial charge < -0.3 is 14.4 Å². The number of aliphatic imine (C=N–C) groups is 2. The van der Waals surface area contributed by atoms with E-state index in [1.165, 1.54) is 11.6 Å².